The number of benzene rings is 2. The summed E-state index contributed by atoms with van der Waals surface area (Å²) in [5, 5.41) is 2.85. The molecule has 158 valence electrons. The molecule has 0 saturated carbocycles. The maximum absolute atomic E-state index is 12.7. The van der Waals surface area contributed by atoms with Crippen molar-refractivity contribution in [1.29, 1.82) is 0 Å². The summed E-state index contributed by atoms with van der Waals surface area (Å²) in [4.78, 5) is 16.9. The monoisotopic (exact) mass is 426 g/mol. The Kier molecular flexibility index (Phi) is 6.56. The van der Waals surface area contributed by atoms with Crippen LogP contribution in [0.5, 0.6) is 0 Å². The van der Waals surface area contributed by atoms with Gasteiger partial charge in [-0.1, -0.05) is 43.3 Å². The number of amides is 1. The Labute approximate surface area is 177 Å². The molecule has 8 heteroatoms. The SMILES string of the molecule is CCc1ccccc1N(CC(=O)NCc1ccccc1-n1ccnc1C)S(C)(=O)=O. The fraction of sp³-hybridized carbons (Fsp3) is 0.273. The molecule has 2 aromatic carbocycles. The van der Waals surface area contributed by atoms with Crippen LogP contribution in [-0.2, 0) is 27.8 Å². The molecular weight excluding hydrogens is 400 g/mol. The minimum atomic E-state index is -3.62. The standard InChI is InChI=1S/C22H26N4O3S/c1-4-18-9-5-8-12-21(18)26(30(3,28)29)16-22(27)24-15-19-10-6-7-11-20(19)25-14-13-23-17(25)2/h5-14H,4,15-16H2,1-3H3,(H,24,27). The fourth-order valence-corrected chi connectivity index (χ4v) is 4.23. The zero-order valence-electron chi connectivity index (χ0n) is 17.4. The lowest BCUT2D eigenvalue weighted by molar-refractivity contribution is -0.119. The van der Waals surface area contributed by atoms with Gasteiger partial charge in [0.2, 0.25) is 15.9 Å². The molecule has 0 aliphatic heterocycles. The highest BCUT2D eigenvalue weighted by Gasteiger charge is 2.22. The molecule has 1 heterocycles. The van der Waals surface area contributed by atoms with Gasteiger partial charge in [0.1, 0.15) is 12.4 Å². The molecule has 3 rings (SSSR count). The first-order chi connectivity index (χ1) is 14.3. The largest absolute Gasteiger partial charge is 0.350 e. The highest BCUT2D eigenvalue weighted by molar-refractivity contribution is 7.92. The number of aryl methyl sites for hydroxylation is 2. The third-order valence-electron chi connectivity index (χ3n) is 4.88. The van der Waals surface area contributed by atoms with Crippen molar-refractivity contribution in [2.24, 2.45) is 0 Å². The molecule has 1 aromatic heterocycles. The average Bonchev–Trinajstić information content (AvgIpc) is 3.15. The van der Waals surface area contributed by atoms with Gasteiger partial charge in [-0.2, -0.15) is 0 Å². The maximum atomic E-state index is 12.7. The molecule has 0 saturated heterocycles. The number of para-hydroxylation sites is 2. The Bertz CT molecular complexity index is 1140. The van der Waals surface area contributed by atoms with E-state index < -0.39 is 10.0 Å². The van der Waals surface area contributed by atoms with Crippen LogP contribution in [0.4, 0.5) is 5.69 Å². The maximum Gasteiger partial charge on any atom is 0.241 e. The summed E-state index contributed by atoms with van der Waals surface area (Å²) < 4.78 is 27.9. The Balaban J connectivity index is 1.78. The number of anilines is 1. The lowest BCUT2D eigenvalue weighted by Gasteiger charge is -2.24. The number of sulfonamides is 1. The lowest BCUT2D eigenvalue weighted by Crippen LogP contribution is -2.40. The molecule has 7 nitrogen and oxygen atoms in total. The molecule has 0 aliphatic rings. The van der Waals surface area contributed by atoms with Crippen LogP contribution in [0.3, 0.4) is 0 Å². The summed E-state index contributed by atoms with van der Waals surface area (Å²) in [7, 11) is -3.62. The van der Waals surface area contributed by atoms with Gasteiger partial charge in [-0.25, -0.2) is 13.4 Å². The van der Waals surface area contributed by atoms with Gasteiger partial charge in [-0.3, -0.25) is 9.10 Å². The predicted octanol–water partition coefficient (Wildman–Crippen LogP) is 2.83. The summed E-state index contributed by atoms with van der Waals surface area (Å²) in [6, 6.07) is 14.9. The molecule has 0 bridgehead atoms. The smallest absolute Gasteiger partial charge is 0.241 e. The van der Waals surface area contributed by atoms with Gasteiger partial charge < -0.3 is 9.88 Å². The van der Waals surface area contributed by atoms with Gasteiger partial charge in [0.15, 0.2) is 0 Å². The average molecular weight is 427 g/mol. The lowest BCUT2D eigenvalue weighted by atomic mass is 10.1. The number of carbonyl (C=O) groups excluding carboxylic acids is 1. The molecule has 0 atom stereocenters. The van der Waals surface area contributed by atoms with Crippen molar-refractivity contribution in [2.75, 3.05) is 17.1 Å². The van der Waals surface area contributed by atoms with E-state index in [0.29, 0.717) is 12.1 Å². The van der Waals surface area contributed by atoms with E-state index in [1.54, 1.807) is 18.3 Å². The molecule has 1 amide bonds. The van der Waals surface area contributed by atoms with Crippen molar-refractivity contribution >= 4 is 21.6 Å². The van der Waals surface area contributed by atoms with Crippen LogP contribution in [0.15, 0.2) is 60.9 Å². The Hall–Kier alpha value is -3.13. The Morgan fingerprint density at radius 1 is 1.10 bits per heavy atom. The van der Waals surface area contributed by atoms with E-state index >= 15 is 0 Å². The van der Waals surface area contributed by atoms with Crippen LogP contribution in [0.25, 0.3) is 5.69 Å². The Morgan fingerprint density at radius 2 is 1.77 bits per heavy atom. The van der Waals surface area contributed by atoms with E-state index in [1.165, 1.54) is 0 Å². The highest BCUT2D eigenvalue weighted by atomic mass is 32.2. The quantitative estimate of drug-likeness (QED) is 0.600. The zero-order chi connectivity index (χ0) is 21.7. The second kappa shape index (κ2) is 9.13. The van der Waals surface area contributed by atoms with E-state index in [-0.39, 0.29) is 19.0 Å². The molecule has 0 spiro atoms. The normalized spacial score (nSPS) is 11.3. The third kappa shape index (κ3) is 4.88. The van der Waals surface area contributed by atoms with Crippen LogP contribution >= 0.6 is 0 Å². The summed E-state index contributed by atoms with van der Waals surface area (Å²) in [6.45, 7) is 3.86. The second-order valence-corrected chi connectivity index (χ2v) is 8.91. The summed E-state index contributed by atoms with van der Waals surface area (Å²) in [5.41, 5.74) is 3.24. The van der Waals surface area contributed by atoms with Gasteiger partial charge in [0.25, 0.3) is 0 Å². The molecule has 0 radical (unpaired) electrons. The van der Waals surface area contributed by atoms with Crippen LogP contribution < -0.4 is 9.62 Å². The first-order valence-corrected chi connectivity index (χ1v) is 11.6. The van der Waals surface area contributed by atoms with Crippen LogP contribution in [0, 0.1) is 6.92 Å². The van der Waals surface area contributed by atoms with Gasteiger partial charge in [0, 0.05) is 18.9 Å². The van der Waals surface area contributed by atoms with Gasteiger partial charge in [0.05, 0.1) is 17.6 Å². The third-order valence-corrected chi connectivity index (χ3v) is 6.01. The van der Waals surface area contributed by atoms with E-state index in [0.717, 1.165) is 33.2 Å². The molecular formula is C22H26N4O3S. The van der Waals surface area contributed by atoms with Gasteiger partial charge >= 0.3 is 0 Å². The number of hydrogen-bond donors (Lipinski definition) is 1. The fourth-order valence-electron chi connectivity index (χ4n) is 3.34. The second-order valence-electron chi connectivity index (χ2n) is 7.00. The first kappa shape index (κ1) is 21.6. The van der Waals surface area contributed by atoms with Crippen molar-refractivity contribution < 1.29 is 13.2 Å². The van der Waals surface area contributed by atoms with Crippen LogP contribution in [0.1, 0.15) is 23.9 Å². The molecule has 3 aromatic rings. The molecule has 0 aliphatic carbocycles. The number of hydrogen-bond acceptors (Lipinski definition) is 4. The van der Waals surface area contributed by atoms with Gasteiger partial charge in [-0.15, -0.1) is 0 Å². The van der Waals surface area contributed by atoms with Crippen molar-refractivity contribution in [1.82, 2.24) is 14.9 Å². The summed E-state index contributed by atoms with van der Waals surface area (Å²) >= 11 is 0. The minimum Gasteiger partial charge on any atom is -0.350 e. The van der Waals surface area contributed by atoms with E-state index in [9.17, 15) is 13.2 Å². The van der Waals surface area contributed by atoms with Crippen molar-refractivity contribution in [3.8, 4) is 5.69 Å². The molecule has 1 N–H and O–H groups in total. The minimum absolute atomic E-state index is 0.276. The van der Waals surface area contributed by atoms with Crippen molar-refractivity contribution in [2.45, 2.75) is 26.8 Å². The molecule has 0 unspecified atom stereocenters. The van der Waals surface area contributed by atoms with E-state index in [1.807, 2.05) is 61.0 Å². The number of aromatic nitrogens is 2. The highest BCUT2D eigenvalue weighted by Crippen LogP contribution is 2.23. The first-order valence-electron chi connectivity index (χ1n) is 9.71. The number of rotatable bonds is 8. The summed E-state index contributed by atoms with van der Waals surface area (Å²) in [6.07, 6.45) is 5.37. The zero-order valence-corrected chi connectivity index (χ0v) is 18.2. The number of imidazole rings is 1. The van der Waals surface area contributed by atoms with Crippen molar-refractivity contribution in [3.63, 3.8) is 0 Å². The molecule has 0 fully saturated rings. The summed E-state index contributed by atoms with van der Waals surface area (Å²) in [5.74, 6) is 0.469. The number of carbonyl (C=O) groups is 1. The predicted molar refractivity (Wildman–Crippen MR) is 118 cm³/mol. The van der Waals surface area contributed by atoms with Crippen LogP contribution in [-0.4, -0.2) is 36.7 Å². The molecule has 30 heavy (non-hydrogen) atoms. The van der Waals surface area contributed by atoms with E-state index in [4.69, 9.17) is 0 Å². The number of nitrogens with zero attached hydrogens (tertiary/aromatic N) is 3. The number of nitrogens with one attached hydrogen (secondary N) is 1. The topological polar surface area (TPSA) is 84.3 Å². The van der Waals surface area contributed by atoms with E-state index in [2.05, 4.69) is 10.3 Å². The Morgan fingerprint density at radius 3 is 2.40 bits per heavy atom. The van der Waals surface area contributed by atoms with Gasteiger partial charge in [-0.05, 0) is 36.6 Å². The van der Waals surface area contributed by atoms with Crippen molar-refractivity contribution in [3.05, 3.63) is 77.9 Å². The van der Waals surface area contributed by atoms with Crippen LogP contribution in [0.2, 0.25) is 0 Å².